The molecule has 2 aliphatic heterocycles. The number of rotatable bonds is 6. The van der Waals surface area contributed by atoms with Crippen molar-refractivity contribution in [1.82, 2.24) is 9.80 Å². The van der Waals surface area contributed by atoms with Crippen LogP contribution >= 0.6 is 0 Å². The van der Waals surface area contributed by atoms with Crippen LogP contribution in [0.4, 0.5) is 10.1 Å². The second-order valence-electron chi connectivity index (χ2n) is 7.38. The molecule has 2 aromatic rings. The van der Waals surface area contributed by atoms with Crippen molar-refractivity contribution in [3.05, 3.63) is 47.8 Å². The van der Waals surface area contributed by atoms with Crippen LogP contribution in [0, 0.1) is 5.82 Å². The fraction of sp³-hybridized carbons (Fsp3) is 0.364. The molecule has 0 atom stereocenters. The molecule has 0 radical (unpaired) electrons. The van der Waals surface area contributed by atoms with Crippen molar-refractivity contribution in [2.75, 3.05) is 51.9 Å². The number of methoxy groups -OCH3 is 1. The van der Waals surface area contributed by atoms with Crippen LogP contribution in [0.2, 0.25) is 0 Å². The molecule has 0 aromatic heterocycles. The number of carbonyl (C=O) groups is 2. The number of piperazine rings is 1. The second kappa shape index (κ2) is 9.22. The van der Waals surface area contributed by atoms with Crippen LogP contribution in [0.3, 0.4) is 0 Å². The molecule has 1 N–H and O–H groups in total. The highest BCUT2D eigenvalue weighted by molar-refractivity contribution is 5.94. The van der Waals surface area contributed by atoms with Crippen LogP contribution in [0.15, 0.2) is 36.4 Å². The number of benzene rings is 2. The van der Waals surface area contributed by atoms with Crippen LogP contribution < -0.4 is 19.5 Å². The average Bonchev–Trinajstić information content (AvgIpc) is 3.22. The summed E-state index contributed by atoms with van der Waals surface area (Å²) in [5.41, 5.74) is 0.905. The number of carbonyl (C=O) groups excluding carboxylic acids is 2. The number of nitrogens with one attached hydrogen (secondary N) is 1. The second-order valence-corrected chi connectivity index (χ2v) is 7.38. The average molecular weight is 429 g/mol. The van der Waals surface area contributed by atoms with E-state index >= 15 is 0 Å². The van der Waals surface area contributed by atoms with Gasteiger partial charge >= 0.3 is 0 Å². The quantitative estimate of drug-likeness (QED) is 0.756. The number of ether oxygens (including phenoxy) is 3. The van der Waals surface area contributed by atoms with Gasteiger partial charge in [0.2, 0.25) is 18.6 Å². The molecule has 1 fully saturated rings. The van der Waals surface area contributed by atoms with Crippen molar-refractivity contribution in [3.63, 3.8) is 0 Å². The van der Waals surface area contributed by atoms with E-state index in [1.807, 2.05) is 4.90 Å². The molecule has 164 valence electrons. The van der Waals surface area contributed by atoms with E-state index in [1.165, 1.54) is 13.2 Å². The Kier molecular flexibility index (Phi) is 6.22. The molecule has 2 aromatic carbocycles. The van der Waals surface area contributed by atoms with Crippen LogP contribution in [0.25, 0.3) is 0 Å². The topological polar surface area (TPSA) is 80.3 Å². The summed E-state index contributed by atoms with van der Waals surface area (Å²) in [6, 6.07) is 9.66. The number of nitrogens with zero attached hydrogens (tertiary/aromatic N) is 2. The van der Waals surface area contributed by atoms with Crippen molar-refractivity contribution in [3.8, 4) is 17.2 Å². The number of anilines is 1. The van der Waals surface area contributed by atoms with Crippen LogP contribution in [-0.2, 0) is 16.0 Å². The van der Waals surface area contributed by atoms with Gasteiger partial charge in [-0.1, -0.05) is 18.2 Å². The molecule has 2 heterocycles. The monoisotopic (exact) mass is 429 g/mol. The van der Waals surface area contributed by atoms with E-state index in [9.17, 15) is 14.0 Å². The van der Waals surface area contributed by atoms with Crippen LogP contribution in [-0.4, -0.2) is 68.2 Å². The van der Waals surface area contributed by atoms with E-state index in [-0.39, 0.29) is 37.4 Å². The summed E-state index contributed by atoms with van der Waals surface area (Å²) in [5.74, 6) is 0.943. The minimum Gasteiger partial charge on any atom is -0.494 e. The van der Waals surface area contributed by atoms with Gasteiger partial charge in [0.25, 0.3) is 0 Å². The maximum atomic E-state index is 13.8. The lowest BCUT2D eigenvalue weighted by atomic mass is 10.1. The van der Waals surface area contributed by atoms with Gasteiger partial charge in [-0.05, 0) is 11.6 Å². The molecule has 1 saturated heterocycles. The molecule has 0 aliphatic carbocycles. The van der Waals surface area contributed by atoms with E-state index in [0.29, 0.717) is 54.7 Å². The van der Waals surface area contributed by atoms with E-state index in [0.717, 1.165) is 0 Å². The summed E-state index contributed by atoms with van der Waals surface area (Å²) in [6.07, 6.45) is 0.0388. The molecule has 4 rings (SSSR count). The predicted molar refractivity (Wildman–Crippen MR) is 111 cm³/mol. The Hall–Kier alpha value is -3.33. The summed E-state index contributed by atoms with van der Waals surface area (Å²) < 4.78 is 29.8. The van der Waals surface area contributed by atoms with Crippen LogP contribution in [0.5, 0.6) is 17.2 Å². The van der Waals surface area contributed by atoms with Crippen molar-refractivity contribution < 1.29 is 28.2 Å². The fourth-order valence-corrected chi connectivity index (χ4v) is 3.65. The van der Waals surface area contributed by atoms with Crippen molar-refractivity contribution in [2.24, 2.45) is 0 Å². The van der Waals surface area contributed by atoms with E-state index in [2.05, 4.69) is 5.32 Å². The molecular weight excluding hydrogens is 405 g/mol. The number of halogens is 1. The third-order valence-electron chi connectivity index (χ3n) is 5.36. The zero-order valence-electron chi connectivity index (χ0n) is 17.2. The van der Waals surface area contributed by atoms with Gasteiger partial charge in [-0.25, -0.2) is 4.39 Å². The van der Waals surface area contributed by atoms with Gasteiger partial charge in [-0.15, -0.1) is 0 Å². The Labute approximate surface area is 179 Å². The highest BCUT2D eigenvalue weighted by Gasteiger charge is 2.24. The Morgan fingerprint density at radius 1 is 1.10 bits per heavy atom. The summed E-state index contributed by atoms with van der Waals surface area (Å²) in [6.45, 7) is 2.44. The summed E-state index contributed by atoms with van der Waals surface area (Å²) in [7, 11) is 1.52. The van der Waals surface area contributed by atoms with Gasteiger partial charge in [0.15, 0.2) is 11.5 Å². The Morgan fingerprint density at radius 3 is 2.52 bits per heavy atom. The largest absolute Gasteiger partial charge is 0.494 e. The smallest absolute Gasteiger partial charge is 0.238 e. The number of fused-ring (bicyclic) bond motifs is 1. The maximum Gasteiger partial charge on any atom is 0.238 e. The summed E-state index contributed by atoms with van der Waals surface area (Å²) >= 11 is 0. The molecule has 2 aliphatic rings. The first-order chi connectivity index (χ1) is 15.0. The molecule has 31 heavy (non-hydrogen) atoms. The Morgan fingerprint density at radius 2 is 1.81 bits per heavy atom. The highest BCUT2D eigenvalue weighted by atomic mass is 19.1. The van der Waals surface area contributed by atoms with Crippen molar-refractivity contribution in [2.45, 2.75) is 6.42 Å². The molecule has 0 saturated carbocycles. The predicted octanol–water partition coefficient (Wildman–Crippen LogP) is 1.89. The molecule has 0 spiro atoms. The number of amides is 2. The summed E-state index contributed by atoms with van der Waals surface area (Å²) in [5, 5.41) is 2.85. The first kappa shape index (κ1) is 20.9. The summed E-state index contributed by atoms with van der Waals surface area (Å²) in [4.78, 5) is 28.7. The van der Waals surface area contributed by atoms with E-state index in [4.69, 9.17) is 14.2 Å². The van der Waals surface area contributed by atoms with Gasteiger partial charge in [0.05, 0.1) is 25.8 Å². The lowest BCUT2D eigenvalue weighted by Crippen LogP contribution is -2.50. The van der Waals surface area contributed by atoms with E-state index < -0.39 is 0 Å². The normalized spacial score (nSPS) is 15.6. The third-order valence-corrected chi connectivity index (χ3v) is 5.36. The number of hydrogen-bond acceptors (Lipinski definition) is 6. The van der Waals surface area contributed by atoms with Gasteiger partial charge in [0.1, 0.15) is 11.6 Å². The van der Waals surface area contributed by atoms with Gasteiger partial charge in [-0.3, -0.25) is 14.5 Å². The molecular formula is C22H24FN3O5. The van der Waals surface area contributed by atoms with E-state index in [1.54, 1.807) is 35.2 Å². The van der Waals surface area contributed by atoms with Gasteiger partial charge < -0.3 is 24.4 Å². The van der Waals surface area contributed by atoms with Crippen molar-refractivity contribution >= 4 is 17.5 Å². The highest BCUT2D eigenvalue weighted by Crippen LogP contribution is 2.40. The Balaban J connectivity index is 1.28. The Bertz CT molecular complexity index is 976. The molecule has 0 unspecified atom stereocenters. The number of hydrogen-bond donors (Lipinski definition) is 1. The lowest BCUT2D eigenvalue weighted by Gasteiger charge is -2.34. The van der Waals surface area contributed by atoms with Crippen LogP contribution in [0.1, 0.15) is 5.56 Å². The first-order valence-electron chi connectivity index (χ1n) is 10.0. The molecule has 8 nitrogen and oxygen atoms in total. The maximum absolute atomic E-state index is 13.8. The third kappa shape index (κ3) is 4.88. The SMILES string of the molecule is COc1cc2c(cc1NC(=O)CN1CCN(C(=O)Cc3ccccc3F)CC1)OCO2. The fourth-order valence-electron chi connectivity index (χ4n) is 3.65. The molecule has 9 heteroatoms. The zero-order chi connectivity index (χ0) is 21.8. The lowest BCUT2D eigenvalue weighted by molar-refractivity contribution is -0.132. The minimum atomic E-state index is -0.370. The molecule has 2 amide bonds. The van der Waals surface area contributed by atoms with Gasteiger partial charge in [-0.2, -0.15) is 0 Å². The van der Waals surface area contributed by atoms with Gasteiger partial charge in [0, 0.05) is 38.3 Å². The first-order valence-corrected chi connectivity index (χ1v) is 10.0. The zero-order valence-corrected chi connectivity index (χ0v) is 17.2. The molecule has 0 bridgehead atoms. The van der Waals surface area contributed by atoms with Crippen molar-refractivity contribution in [1.29, 1.82) is 0 Å². The minimum absolute atomic E-state index is 0.0388. The standard InChI is InChI=1S/C22H24FN3O5/c1-29-18-12-20-19(30-14-31-20)11-17(18)24-21(27)13-25-6-8-26(9-7-25)22(28)10-15-4-2-3-5-16(15)23/h2-5,11-12H,6-10,13-14H2,1H3,(H,24,27).